The van der Waals surface area contributed by atoms with Crippen LogP contribution in [0.3, 0.4) is 0 Å². The molecule has 0 saturated carbocycles. The molecule has 0 aliphatic carbocycles. The molecule has 0 atom stereocenters. The summed E-state index contributed by atoms with van der Waals surface area (Å²) in [5.41, 5.74) is 0. The Morgan fingerprint density at radius 1 is 1.00 bits per heavy atom. The highest BCUT2D eigenvalue weighted by Crippen LogP contribution is 2.25. The van der Waals surface area contributed by atoms with Gasteiger partial charge in [0.25, 0.3) is 0 Å². The zero-order chi connectivity index (χ0) is 13.5. The number of rotatable bonds is 6. The summed E-state index contributed by atoms with van der Waals surface area (Å²) in [6, 6.07) is 7.80. The monoisotopic (exact) mass is 264 g/mol. The summed E-state index contributed by atoms with van der Waals surface area (Å²) in [7, 11) is 1.67. The van der Waals surface area contributed by atoms with Crippen molar-refractivity contribution in [2.75, 3.05) is 53.0 Å². The molecular weight excluding hydrogens is 240 g/mol. The van der Waals surface area contributed by atoms with Crippen LogP contribution in [-0.4, -0.2) is 62.8 Å². The van der Waals surface area contributed by atoms with Crippen molar-refractivity contribution < 1.29 is 9.47 Å². The average molecular weight is 264 g/mol. The van der Waals surface area contributed by atoms with Crippen molar-refractivity contribution in [2.24, 2.45) is 0 Å². The van der Waals surface area contributed by atoms with E-state index in [1.165, 1.54) is 13.1 Å². The number of benzene rings is 1. The lowest BCUT2D eigenvalue weighted by atomic mass is 10.3. The standard InChI is InChI=1S/C15H24N2O2/c1-3-16-8-10-17(11-9-16)12-13-19-15-7-5-4-6-14(15)18-2/h4-7H,3,8-13H2,1-2H3. The molecule has 1 aliphatic heterocycles. The fourth-order valence-electron chi connectivity index (χ4n) is 2.35. The highest BCUT2D eigenvalue weighted by molar-refractivity contribution is 5.39. The van der Waals surface area contributed by atoms with E-state index in [9.17, 15) is 0 Å². The van der Waals surface area contributed by atoms with E-state index in [0.29, 0.717) is 6.61 Å². The molecule has 2 rings (SSSR count). The second-order valence-electron chi connectivity index (χ2n) is 4.78. The predicted molar refractivity (Wildman–Crippen MR) is 77.0 cm³/mol. The first kappa shape index (κ1) is 14.2. The van der Waals surface area contributed by atoms with Crippen LogP contribution >= 0.6 is 0 Å². The highest BCUT2D eigenvalue weighted by atomic mass is 16.5. The number of para-hydroxylation sites is 2. The maximum atomic E-state index is 5.80. The van der Waals surface area contributed by atoms with Crippen molar-refractivity contribution in [3.05, 3.63) is 24.3 Å². The van der Waals surface area contributed by atoms with Gasteiger partial charge >= 0.3 is 0 Å². The van der Waals surface area contributed by atoms with Gasteiger partial charge in [-0.25, -0.2) is 0 Å². The molecule has 0 N–H and O–H groups in total. The molecule has 0 amide bonds. The van der Waals surface area contributed by atoms with Crippen molar-refractivity contribution >= 4 is 0 Å². The SMILES string of the molecule is CCN1CCN(CCOc2ccccc2OC)CC1. The molecule has 0 unspecified atom stereocenters. The maximum Gasteiger partial charge on any atom is 0.161 e. The largest absolute Gasteiger partial charge is 0.493 e. The van der Waals surface area contributed by atoms with Crippen LogP contribution < -0.4 is 9.47 Å². The van der Waals surface area contributed by atoms with Gasteiger partial charge in [-0.15, -0.1) is 0 Å². The number of piperazine rings is 1. The molecule has 1 aliphatic rings. The highest BCUT2D eigenvalue weighted by Gasteiger charge is 2.15. The van der Waals surface area contributed by atoms with Gasteiger partial charge in [0.15, 0.2) is 11.5 Å². The summed E-state index contributed by atoms with van der Waals surface area (Å²) in [5.74, 6) is 1.63. The van der Waals surface area contributed by atoms with Gasteiger partial charge in [0.05, 0.1) is 7.11 Å². The van der Waals surface area contributed by atoms with Gasteiger partial charge in [-0.2, -0.15) is 0 Å². The van der Waals surface area contributed by atoms with Crippen molar-refractivity contribution in [1.29, 1.82) is 0 Å². The zero-order valence-corrected chi connectivity index (χ0v) is 12.0. The van der Waals surface area contributed by atoms with Gasteiger partial charge < -0.3 is 14.4 Å². The Labute approximate surface area is 115 Å². The van der Waals surface area contributed by atoms with E-state index in [0.717, 1.165) is 37.7 Å². The fourth-order valence-corrected chi connectivity index (χ4v) is 2.35. The minimum Gasteiger partial charge on any atom is -0.493 e. The lowest BCUT2D eigenvalue weighted by molar-refractivity contribution is 0.120. The van der Waals surface area contributed by atoms with E-state index in [4.69, 9.17) is 9.47 Å². The third-order valence-corrected chi connectivity index (χ3v) is 3.65. The van der Waals surface area contributed by atoms with Crippen LogP contribution in [0.4, 0.5) is 0 Å². The van der Waals surface area contributed by atoms with E-state index < -0.39 is 0 Å². The second-order valence-corrected chi connectivity index (χ2v) is 4.78. The first-order chi connectivity index (χ1) is 9.33. The Bertz CT molecular complexity index is 376. The molecule has 106 valence electrons. The normalized spacial score (nSPS) is 17.4. The minimum atomic E-state index is 0.715. The van der Waals surface area contributed by atoms with Crippen molar-refractivity contribution in [2.45, 2.75) is 6.92 Å². The smallest absolute Gasteiger partial charge is 0.161 e. The molecule has 0 radical (unpaired) electrons. The Kier molecular flexibility index (Phi) is 5.48. The molecule has 4 heteroatoms. The first-order valence-corrected chi connectivity index (χ1v) is 7.04. The molecule has 1 fully saturated rings. The Morgan fingerprint density at radius 3 is 2.26 bits per heavy atom. The summed E-state index contributed by atoms with van der Waals surface area (Å²) in [5, 5.41) is 0. The topological polar surface area (TPSA) is 24.9 Å². The van der Waals surface area contributed by atoms with Gasteiger partial charge in [0, 0.05) is 32.7 Å². The van der Waals surface area contributed by atoms with Gasteiger partial charge in [0.1, 0.15) is 6.61 Å². The number of ether oxygens (including phenoxy) is 2. The number of nitrogens with zero attached hydrogens (tertiary/aromatic N) is 2. The van der Waals surface area contributed by atoms with Crippen LogP contribution in [0.5, 0.6) is 11.5 Å². The Hall–Kier alpha value is -1.26. The second kappa shape index (κ2) is 7.36. The van der Waals surface area contributed by atoms with Crippen LogP contribution in [0.25, 0.3) is 0 Å². The maximum absolute atomic E-state index is 5.80. The van der Waals surface area contributed by atoms with E-state index in [1.807, 2.05) is 24.3 Å². The summed E-state index contributed by atoms with van der Waals surface area (Å²) >= 11 is 0. The van der Waals surface area contributed by atoms with Gasteiger partial charge in [-0.1, -0.05) is 19.1 Å². The van der Waals surface area contributed by atoms with E-state index in [1.54, 1.807) is 7.11 Å². The molecule has 0 bridgehead atoms. The van der Waals surface area contributed by atoms with Crippen molar-refractivity contribution in [3.63, 3.8) is 0 Å². The summed E-state index contributed by atoms with van der Waals surface area (Å²) in [6.07, 6.45) is 0. The van der Waals surface area contributed by atoms with E-state index in [-0.39, 0.29) is 0 Å². The lowest BCUT2D eigenvalue weighted by Gasteiger charge is -2.33. The third kappa shape index (κ3) is 4.11. The molecular formula is C15H24N2O2. The summed E-state index contributed by atoms with van der Waals surface area (Å²) < 4.78 is 11.1. The van der Waals surface area contributed by atoms with Crippen LogP contribution in [0.15, 0.2) is 24.3 Å². The zero-order valence-electron chi connectivity index (χ0n) is 12.0. The van der Waals surface area contributed by atoms with Crippen LogP contribution in [0, 0.1) is 0 Å². The Balaban J connectivity index is 1.72. The van der Waals surface area contributed by atoms with Gasteiger partial charge in [0.2, 0.25) is 0 Å². The lowest BCUT2D eigenvalue weighted by Crippen LogP contribution is -2.47. The summed E-state index contributed by atoms with van der Waals surface area (Å²) in [6.45, 7) is 9.71. The molecule has 19 heavy (non-hydrogen) atoms. The third-order valence-electron chi connectivity index (χ3n) is 3.65. The number of hydrogen-bond donors (Lipinski definition) is 0. The minimum absolute atomic E-state index is 0.715. The van der Waals surface area contributed by atoms with Crippen molar-refractivity contribution in [1.82, 2.24) is 9.80 Å². The number of methoxy groups -OCH3 is 1. The molecule has 1 heterocycles. The van der Waals surface area contributed by atoms with Gasteiger partial charge in [-0.3, -0.25) is 4.90 Å². The molecule has 0 aromatic heterocycles. The van der Waals surface area contributed by atoms with Crippen LogP contribution in [-0.2, 0) is 0 Å². The Morgan fingerprint density at radius 2 is 1.63 bits per heavy atom. The first-order valence-electron chi connectivity index (χ1n) is 7.04. The van der Waals surface area contributed by atoms with Gasteiger partial charge in [-0.05, 0) is 18.7 Å². The molecule has 1 aromatic rings. The van der Waals surface area contributed by atoms with Crippen molar-refractivity contribution in [3.8, 4) is 11.5 Å². The van der Waals surface area contributed by atoms with Crippen LogP contribution in [0.2, 0.25) is 0 Å². The van der Waals surface area contributed by atoms with E-state index >= 15 is 0 Å². The molecule has 1 saturated heterocycles. The van der Waals surface area contributed by atoms with E-state index in [2.05, 4.69) is 16.7 Å². The quantitative estimate of drug-likeness (QED) is 0.781. The predicted octanol–water partition coefficient (Wildman–Crippen LogP) is 1.71. The molecule has 0 spiro atoms. The summed E-state index contributed by atoms with van der Waals surface area (Å²) in [4.78, 5) is 4.94. The number of hydrogen-bond acceptors (Lipinski definition) is 4. The van der Waals surface area contributed by atoms with Crippen LogP contribution in [0.1, 0.15) is 6.92 Å². The number of likely N-dealkylation sites (N-methyl/N-ethyl adjacent to an activating group) is 1. The molecule has 1 aromatic carbocycles. The fraction of sp³-hybridized carbons (Fsp3) is 0.600. The molecule has 4 nitrogen and oxygen atoms in total. The average Bonchev–Trinajstić information content (AvgIpc) is 2.48.